The minimum atomic E-state index is -0.292. The maximum Gasteiger partial charge on any atom is 0.224 e. The molecular weight excluding hydrogens is 327 g/mol. The summed E-state index contributed by atoms with van der Waals surface area (Å²) >= 11 is 1.95. The average Bonchev–Trinajstić information content (AvgIpc) is 3.12. The van der Waals surface area contributed by atoms with E-state index in [4.69, 9.17) is 4.42 Å². The Balaban J connectivity index is 1.58. The molecule has 1 amide bonds. The molecule has 1 aliphatic rings. The average molecular weight is 348 g/mol. The summed E-state index contributed by atoms with van der Waals surface area (Å²) in [7, 11) is 0. The Morgan fingerprint density at radius 2 is 2.00 bits per heavy atom. The molecule has 1 atom stereocenters. The van der Waals surface area contributed by atoms with E-state index in [1.54, 1.807) is 18.4 Å². The van der Waals surface area contributed by atoms with Gasteiger partial charge in [0, 0.05) is 31.1 Å². The molecule has 24 heavy (non-hydrogen) atoms. The van der Waals surface area contributed by atoms with Crippen LogP contribution in [-0.4, -0.2) is 41.9 Å². The van der Waals surface area contributed by atoms with Gasteiger partial charge in [-0.1, -0.05) is 12.1 Å². The van der Waals surface area contributed by atoms with E-state index in [1.165, 1.54) is 12.1 Å². The fraction of sp³-hybridized carbons (Fsp3) is 0.389. The molecule has 0 spiro atoms. The number of furan rings is 1. The van der Waals surface area contributed by atoms with E-state index in [9.17, 15) is 9.18 Å². The maximum absolute atomic E-state index is 12.9. The minimum Gasteiger partial charge on any atom is -0.468 e. The molecule has 6 heteroatoms. The molecule has 4 nitrogen and oxygen atoms in total. The lowest BCUT2D eigenvalue weighted by Crippen LogP contribution is -2.42. The van der Waals surface area contributed by atoms with Crippen molar-refractivity contribution in [1.82, 2.24) is 10.2 Å². The second kappa shape index (κ2) is 8.35. The van der Waals surface area contributed by atoms with Crippen LogP contribution in [0.4, 0.5) is 4.39 Å². The summed E-state index contributed by atoms with van der Waals surface area (Å²) in [6.07, 6.45) is 1.92. The van der Waals surface area contributed by atoms with Gasteiger partial charge in [0.15, 0.2) is 0 Å². The molecule has 1 fully saturated rings. The highest BCUT2D eigenvalue weighted by molar-refractivity contribution is 7.99. The van der Waals surface area contributed by atoms with Gasteiger partial charge < -0.3 is 9.73 Å². The van der Waals surface area contributed by atoms with Crippen LogP contribution >= 0.6 is 11.8 Å². The molecule has 0 radical (unpaired) electrons. The number of carbonyl (C=O) groups excluding carboxylic acids is 1. The second-order valence-electron chi connectivity index (χ2n) is 5.79. The lowest BCUT2D eigenvalue weighted by molar-refractivity contribution is -0.120. The molecule has 0 saturated carbocycles. The number of thioether (sulfide) groups is 1. The lowest BCUT2D eigenvalue weighted by Gasteiger charge is -2.33. The first-order valence-corrected chi connectivity index (χ1v) is 9.24. The predicted molar refractivity (Wildman–Crippen MR) is 93.5 cm³/mol. The van der Waals surface area contributed by atoms with Crippen molar-refractivity contribution in [1.29, 1.82) is 0 Å². The van der Waals surface area contributed by atoms with Gasteiger partial charge in [0.2, 0.25) is 5.91 Å². The van der Waals surface area contributed by atoms with Crippen LogP contribution < -0.4 is 5.32 Å². The zero-order valence-electron chi connectivity index (χ0n) is 13.4. The van der Waals surface area contributed by atoms with Crippen LogP contribution in [0.2, 0.25) is 0 Å². The molecule has 0 bridgehead atoms. The van der Waals surface area contributed by atoms with Gasteiger partial charge in [0.1, 0.15) is 11.6 Å². The zero-order chi connectivity index (χ0) is 16.8. The molecule has 1 aliphatic heterocycles. The number of benzene rings is 1. The first-order valence-electron chi connectivity index (χ1n) is 8.09. The van der Waals surface area contributed by atoms with Gasteiger partial charge in [-0.25, -0.2) is 4.39 Å². The van der Waals surface area contributed by atoms with Crippen LogP contribution in [0.1, 0.15) is 17.4 Å². The summed E-state index contributed by atoms with van der Waals surface area (Å²) in [4.78, 5) is 14.6. The Labute approximate surface area is 145 Å². The summed E-state index contributed by atoms with van der Waals surface area (Å²) in [6.45, 7) is 2.49. The van der Waals surface area contributed by atoms with Gasteiger partial charge in [-0.05, 0) is 29.8 Å². The standard InChI is InChI=1S/C18H21FN2O2S/c19-15-5-3-14(4-6-15)12-18(22)20-13-16(17-2-1-9-23-17)21-7-10-24-11-8-21/h1-6,9,16H,7-8,10-13H2,(H,20,22)/t16-/m0/s1. The quantitative estimate of drug-likeness (QED) is 0.872. The molecule has 1 N–H and O–H groups in total. The fourth-order valence-corrected chi connectivity index (χ4v) is 3.77. The van der Waals surface area contributed by atoms with Gasteiger partial charge >= 0.3 is 0 Å². The van der Waals surface area contributed by atoms with E-state index >= 15 is 0 Å². The number of hydrogen-bond acceptors (Lipinski definition) is 4. The zero-order valence-corrected chi connectivity index (χ0v) is 14.2. The first kappa shape index (κ1) is 17.0. The topological polar surface area (TPSA) is 45.5 Å². The van der Waals surface area contributed by atoms with Crippen LogP contribution in [0.25, 0.3) is 0 Å². The van der Waals surface area contributed by atoms with Crippen molar-refractivity contribution in [2.45, 2.75) is 12.5 Å². The van der Waals surface area contributed by atoms with Crippen molar-refractivity contribution in [3.63, 3.8) is 0 Å². The highest BCUT2D eigenvalue weighted by Gasteiger charge is 2.25. The summed E-state index contributed by atoms with van der Waals surface area (Å²) in [6, 6.07) is 9.92. The molecule has 1 aromatic carbocycles. The van der Waals surface area contributed by atoms with Gasteiger partial charge in [-0.2, -0.15) is 11.8 Å². The minimum absolute atomic E-state index is 0.0538. The van der Waals surface area contributed by atoms with E-state index in [2.05, 4.69) is 10.2 Å². The van der Waals surface area contributed by atoms with Gasteiger partial charge in [-0.3, -0.25) is 9.69 Å². The van der Waals surface area contributed by atoms with Crippen LogP contribution in [0.15, 0.2) is 47.1 Å². The Morgan fingerprint density at radius 3 is 2.67 bits per heavy atom. The first-order chi connectivity index (χ1) is 11.7. The summed E-state index contributed by atoms with van der Waals surface area (Å²) in [5.74, 6) is 2.72. The van der Waals surface area contributed by atoms with E-state index in [0.717, 1.165) is 35.9 Å². The monoisotopic (exact) mass is 348 g/mol. The van der Waals surface area contributed by atoms with Crippen molar-refractivity contribution < 1.29 is 13.6 Å². The third-order valence-electron chi connectivity index (χ3n) is 4.13. The summed E-state index contributed by atoms with van der Waals surface area (Å²) < 4.78 is 18.5. The maximum atomic E-state index is 12.9. The predicted octanol–water partition coefficient (Wildman–Crippen LogP) is 2.87. The number of nitrogens with zero attached hydrogens (tertiary/aromatic N) is 1. The SMILES string of the molecule is O=C(Cc1ccc(F)cc1)NC[C@@H](c1ccco1)N1CCSCC1. The third-order valence-corrected chi connectivity index (χ3v) is 5.07. The Hall–Kier alpha value is -1.79. The molecular formula is C18H21FN2O2S. The van der Waals surface area contributed by atoms with Crippen molar-refractivity contribution in [3.8, 4) is 0 Å². The van der Waals surface area contributed by atoms with Crippen LogP contribution in [-0.2, 0) is 11.2 Å². The van der Waals surface area contributed by atoms with Crippen LogP contribution in [0.5, 0.6) is 0 Å². The van der Waals surface area contributed by atoms with Gasteiger partial charge in [0.25, 0.3) is 0 Å². The molecule has 1 aromatic heterocycles. The highest BCUT2D eigenvalue weighted by atomic mass is 32.2. The molecule has 2 aromatic rings. The van der Waals surface area contributed by atoms with Crippen LogP contribution in [0, 0.1) is 5.82 Å². The molecule has 2 heterocycles. The van der Waals surface area contributed by atoms with E-state index in [1.807, 2.05) is 23.9 Å². The number of amides is 1. The van der Waals surface area contributed by atoms with Gasteiger partial charge in [-0.15, -0.1) is 0 Å². The molecule has 0 unspecified atom stereocenters. The number of hydrogen-bond donors (Lipinski definition) is 1. The summed E-state index contributed by atoms with van der Waals surface area (Å²) in [5, 5.41) is 2.99. The largest absolute Gasteiger partial charge is 0.468 e. The highest BCUT2D eigenvalue weighted by Crippen LogP contribution is 2.24. The normalized spacial score (nSPS) is 16.7. The smallest absolute Gasteiger partial charge is 0.224 e. The third kappa shape index (κ3) is 4.61. The lowest BCUT2D eigenvalue weighted by atomic mass is 10.1. The van der Waals surface area contributed by atoms with E-state index in [0.29, 0.717) is 6.54 Å². The van der Waals surface area contributed by atoms with E-state index in [-0.39, 0.29) is 24.2 Å². The Morgan fingerprint density at radius 1 is 1.25 bits per heavy atom. The van der Waals surface area contributed by atoms with Crippen molar-refractivity contribution in [2.24, 2.45) is 0 Å². The summed E-state index contributed by atoms with van der Waals surface area (Å²) in [5.41, 5.74) is 0.804. The number of carbonyl (C=O) groups is 1. The fourth-order valence-electron chi connectivity index (χ4n) is 2.84. The second-order valence-corrected chi connectivity index (χ2v) is 7.01. The van der Waals surface area contributed by atoms with Crippen molar-refractivity contribution in [2.75, 3.05) is 31.1 Å². The number of rotatable bonds is 6. The van der Waals surface area contributed by atoms with Gasteiger partial charge in [0.05, 0.1) is 18.7 Å². The molecule has 0 aliphatic carbocycles. The van der Waals surface area contributed by atoms with Crippen LogP contribution in [0.3, 0.4) is 0 Å². The Kier molecular flexibility index (Phi) is 5.93. The molecule has 3 rings (SSSR count). The van der Waals surface area contributed by atoms with Crippen molar-refractivity contribution >= 4 is 17.7 Å². The Bertz CT molecular complexity index is 640. The molecule has 1 saturated heterocycles. The van der Waals surface area contributed by atoms with E-state index < -0.39 is 0 Å². The number of nitrogens with one attached hydrogen (secondary N) is 1. The molecule has 128 valence electrons. The van der Waals surface area contributed by atoms with Crippen molar-refractivity contribution in [3.05, 3.63) is 59.8 Å². The number of halogens is 1.